The maximum atomic E-state index is 4.81. The molecular weight excluding hydrogens is 392 g/mol. The Morgan fingerprint density at radius 1 is 1.03 bits per heavy atom. The van der Waals surface area contributed by atoms with Gasteiger partial charge in [-0.1, -0.05) is 30.7 Å². The molecule has 1 aliphatic rings. The number of allylic oxidation sites excluding steroid dienone is 2. The van der Waals surface area contributed by atoms with E-state index in [0.29, 0.717) is 0 Å². The normalized spacial score (nSPS) is 13.3. The molecule has 7 heteroatoms. The van der Waals surface area contributed by atoms with Crippen LogP contribution in [0.3, 0.4) is 0 Å². The average molecular weight is 415 g/mol. The molecule has 0 fully saturated rings. The molecule has 0 saturated heterocycles. The zero-order valence-electron chi connectivity index (χ0n) is 16.8. The van der Waals surface area contributed by atoms with Crippen molar-refractivity contribution in [3.63, 3.8) is 0 Å². The summed E-state index contributed by atoms with van der Waals surface area (Å²) in [4.78, 5) is 10.0. The lowest BCUT2D eigenvalue weighted by Crippen LogP contribution is -2.26. The smallest absolute Gasteiger partial charge is 0.177 e. The third-order valence-electron chi connectivity index (χ3n) is 5.20. The molecule has 0 atom stereocenters. The monoisotopic (exact) mass is 414 g/mol. The van der Waals surface area contributed by atoms with E-state index in [0.717, 1.165) is 64.5 Å². The van der Waals surface area contributed by atoms with Crippen LogP contribution in [-0.2, 0) is 12.8 Å². The van der Waals surface area contributed by atoms with E-state index in [4.69, 9.17) is 5.10 Å². The molecule has 30 heavy (non-hydrogen) atoms. The highest BCUT2D eigenvalue weighted by molar-refractivity contribution is 7.15. The van der Waals surface area contributed by atoms with E-state index >= 15 is 0 Å². The summed E-state index contributed by atoms with van der Waals surface area (Å²) in [6, 6.07) is 8.07. The van der Waals surface area contributed by atoms with Crippen LogP contribution in [0.2, 0.25) is 0 Å². The third-order valence-corrected chi connectivity index (χ3v) is 6.28. The summed E-state index contributed by atoms with van der Waals surface area (Å²) in [5, 5.41) is 16.9. The Hall–Kier alpha value is -3.19. The van der Waals surface area contributed by atoms with Crippen molar-refractivity contribution in [2.24, 2.45) is 0 Å². The Labute approximate surface area is 178 Å². The molecule has 0 radical (unpaired) electrons. The first-order chi connectivity index (χ1) is 14.8. The predicted octanol–water partition coefficient (Wildman–Crippen LogP) is 3.12. The molecule has 0 aromatic carbocycles. The van der Waals surface area contributed by atoms with Gasteiger partial charge in [-0.3, -0.25) is 4.98 Å². The second-order valence-corrected chi connectivity index (χ2v) is 8.47. The maximum absolute atomic E-state index is 4.81. The molecule has 4 heterocycles. The molecule has 4 aromatic heterocycles. The minimum atomic E-state index is 0.775. The molecule has 0 spiro atoms. The fraction of sp³-hybridized carbons (Fsp3) is 0.261. The number of nitrogens with zero attached hydrogens (tertiary/aromatic N) is 6. The molecule has 0 bridgehead atoms. The quantitative estimate of drug-likeness (QED) is 0.485. The van der Waals surface area contributed by atoms with Crippen LogP contribution in [0.15, 0.2) is 48.3 Å². The van der Waals surface area contributed by atoms with Crippen molar-refractivity contribution in [2.45, 2.75) is 39.0 Å². The highest BCUT2D eigenvalue weighted by Crippen LogP contribution is 2.25. The van der Waals surface area contributed by atoms with Crippen LogP contribution in [-0.4, -0.2) is 29.8 Å². The van der Waals surface area contributed by atoms with Crippen molar-refractivity contribution >= 4 is 29.1 Å². The fourth-order valence-corrected chi connectivity index (χ4v) is 4.57. The minimum Gasteiger partial charge on any atom is -0.256 e. The molecule has 0 N–H and O–H groups in total. The lowest BCUT2D eigenvalue weighted by molar-refractivity contribution is 0.777. The first kappa shape index (κ1) is 18.8. The van der Waals surface area contributed by atoms with E-state index in [2.05, 4.69) is 51.4 Å². The summed E-state index contributed by atoms with van der Waals surface area (Å²) in [6.07, 6.45) is 15.0. The minimum absolute atomic E-state index is 0.775. The van der Waals surface area contributed by atoms with Gasteiger partial charge < -0.3 is 0 Å². The third kappa shape index (κ3) is 3.80. The lowest BCUT2D eigenvalue weighted by atomic mass is 10.1. The molecule has 0 saturated carbocycles. The van der Waals surface area contributed by atoms with Crippen LogP contribution in [0.4, 0.5) is 0 Å². The van der Waals surface area contributed by atoms with Crippen molar-refractivity contribution in [3.8, 4) is 10.6 Å². The Balaban J connectivity index is 1.37. The van der Waals surface area contributed by atoms with Crippen molar-refractivity contribution < 1.29 is 0 Å². The Bertz CT molecular complexity index is 1350. The van der Waals surface area contributed by atoms with Crippen molar-refractivity contribution in [3.05, 3.63) is 69.7 Å². The number of aromatic nitrogens is 6. The SMILES string of the molecule is CCCc1ncc(-c2ccc3nnc(CCC4=CC=c5ncccc5=CC4)n3n2)s1. The van der Waals surface area contributed by atoms with Gasteiger partial charge in [-0.2, -0.15) is 9.61 Å². The van der Waals surface area contributed by atoms with Gasteiger partial charge in [0, 0.05) is 18.8 Å². The topological polar surface area (TPSA) is 68.9 Å². The molecular formula is C23H22N6S. The van der Waals surface area contributed by atoms with E-state index in [-0.39, 0.29) is 0 Å². The van der Waals surface area contributed by atoms with Gasteiger partial charge in [-0.15, -0.1) is 21.5 Å². The first-order valence-corrected chi connectivity index (χ1v) is 11.1. The maximum Gasteiger partial charge on any atom is 0.177 e. The van der Waals surface area contributed by atoms with E-state index in [1.807, 2.05) is 35.1 Å². The van der Waals surface area contributed by atoms with Gasteiger partial charge in [0.25, 0.3) is 0 Å². The van der Waals surface area contributed by atoms with Crippen molar-refractivity contribution in [1.29, 1.82) is 0 Å². The van der Waals surface area contributed by atoms with E-state index in [1.54, 1.807) is 11.3 Å². The van der Waals surface area contributed by atoms with Crippen LogP contribution in [0.1, 0.15) is 37.0 Å². The average Bonchev–Trinajstić information content (AvgIpc) is 3.35. The first-order valence-electron chi connectivity index (χ1n) is 10.3. The van der Waals surface area contributed by atoms with Crippen LogP contribution < -0.4 is 10.6 Å². The molecule has 4 aromatic rings. The highest BCUT2D eigenvalue weighted by Gasteiger charge is 2.12. The highest BCUT2D eigenvalue weighted by atomic mass is 32.1. The van der Waals surface area contributed by atoms with Gasteiger partial charge in [0.05, 0.1) is 15.2 Å². The van der Waals surface area contributed by atoms with Gasteiger partial charge in [-0.05, 0) is 55.2 Å². The number of rotatable bonds is 6. The predicted molar refractivity (Wildman–Crippen MR) is 119 cm³/mol. The molecule has 0 unspecified atom stereocenters. The van der Waals surface area contributed by atoms with E-state index in [1.165, 1.54) is 10.8 Å². The summed E-state index contributed by atoms with van der Waals surface area (Å²) in [5.74, 6) is 0.880. The summed E-state index contributed by atoms with van der Waals surface area (Å²) in [6.45, 7) is 2.17. The largest absolute Gasteiger partial charge is 0.256 e. The number of pyridine rings is 1. The van der Waals surface area contributed by atoms with Crippen LogP contribution in [0, 0.1) is 0 Å². The number of fused-ring (bicyclic) bond motifs is 2. The van der Waals surface area contributed by atoms with E-state index in [9.17, 15) is 0 Å². The molecule has 150 valence electrons. The van der Waals surface area contributed by atoms with Crippen LogP contribution in [0.5, 0.6) is 0 Å². The Kier molecular flexibility index (Phi) is 5.19. The van der Waals surface area contributed by atoms with Crippen LogP contribution >= 0.6 is 11.3 Å². The summed E-state index contributed by atoms with van der Waals surface area (Å²) in [7, 11) is 0. The van der Waals surface area contributed by atoms with Gasteiger partial charge in [0.15, 0.2) is 11.5 Å². The summed E-state index contributed by atoms with van der Waals surface area (Å²) < 4.78 is 1.87. The summed E-state index contributed by atoms with van der Waals surface area (Å²) >= 11 is 1.71. The number of hydrogen-bond acceptors (Lipinski definition) is 6. The van der Waals surface area contributed by atoms with Crippen molar-refractivity contribution in [1.82, 2.24) is 29.8 Å². The molecule has 6 nitrogen and oxygen atoms in total. The zero-order chi connectivity index (χ0) is 20.3. The molecule has 0 aliphatic heterocycles. The molecule has 5 rings (SSSR count). The van der Waals surface area contributed by atoms with Gasteiger partial charge >= 0.3 is 0 Å². The van der Waals surface area contributed by atoms with Gasteiger partial charge in [0.1, 0.15) is 5.69 Å². The van der Waals surface area contributed by atoms with E-state index < -0.39 is 0 Å². The fourth-order valence-electron chi connectivity index (χ4n) is 3.58. The Morgan fingerprint density at radius 2 is 2.00 bits per heavy atom. The van der Waals surface area contributed by atoms with Crippen molar-refractivity contribution in [2.75, 3.05) is 0 Å². The number of hydrogen-bond donors (Lipinski definition) is 0. The number of aryl methyl sites for hydroxylation is 2. The second kappa shape index (κ2) is 8.28. The molecule has 1 aliphatic carbocycles. The standard InChI is InChI=1S/C23H22N6S/c1-2-4-23-25-15-20(30-23)19-11-13-22-27-26-21(29(22)28-19)12-8-16-6-9-17-5-3-14-24-18(17)10-7-16/h3,5,7,9-11,13-15H,2,4,6,8,12H2,1H3. The van der Waals surface area contributed by atoms with Gasteiger partial charge in [-0.25, -0.2) is 4.98 Å². The van der Waals surface area contributed by atoms with Crippen LogP contribution in [0.25, 0.3) is 28.4 Å². The molecule has 0 amide bonds. The Morgan fingerprint density at radius 3 is 2.93 bits per heavy atom. The van der Waals surface area contributed by atoms with Gasteiger partial charge in [0.2, 0.25) is 0 Å². The summed E-state index contributed by atoms with van der Waals surface area (Å²) in [5.41, 5.74) is 3.05. The second-order valence-electron chi connectivity index (χ2n) is 7.35. The zero-order valence-corrected chi connectivity index (χ0v) is 17.6. The number of thiazole rings is 1. The lowest BCUT2D eigenvalue weighted by Gasteiger charge is -2.03.